The second kappa shape index (κ2) is 8.08. The Kier molecular flexibility index (Phi) is 5.86. The second-order valence-electron chi connectivity index (χ2n) is 5.77. The van der Waals surface area contributed by atoms with E-state index in [2.05, 4.69) is 6.07 Å². The first kappa shape index (κ1) is 18.9. The number of aryl methyl sites for hydroxylation is 1. The Labute approximate surface area is 150 Å². The van der Waals surface area contributed by atoms with Crippen molar-refractivity contribution >= 4 is 17.5 Å². The van der Waals surface area contributed by atoms with Crippen LogP contribution >= 0.6 is 0 Å². The Morgan fingerprint density at radius 2 is 1.88 bits per heavy atom. The normalized spacial score (nSPS) is 11.3. The lowest BCUT2D eigenvalue weighted by Gasteiger charge is -2.17. The van der Waals surface area contributed by atoms with E-state index in [1.165, 1.54) is 12.1 Å². The molecule has 0 heterocycles. The number of benzene rings is 2. The molecule has 0 bridgehead atoms. The van der Waals surface area contributed by atoms with Crippen LogP contribution in [0.3, 0.4) is 0 Å². The molecule has 2 aromatic rings. The number of carboxylic acid groups (broad SMARTS) is 1. The van der Waals surface area contributed by atoms with E-state index in [9.17, 15) is 19.6 Å². The highest BCUT2D eigenvalue weighted by molar-refractivity contribution is 6.37. The zero-order chi connectivity index (χ0) is 19.3. The maximum Gasteiger partial charge on any atom is 0.372 e. The van der Waals surface area contributed by atoms with Crippen LogP contribution in [-0.2, 0) is 9.59 Å². The summed E-state index contributed by atoms with van der Waals surface area (Å²) in [6, 6.07) is 13.8. The van der Waals surface area contributed by atoms with Crippen molar-refractivity contribution in [3.05, 3.63) is 64.7 Å². The van der Waals surface area contributed by atoms with Crippen LogP contribution in [0.25, 0.3) is 0 Å². The zero-order valence-corrected chi connectivity index (χ0v) is 14.4. The molecular formula is C20H17NO5. The monoisotopic (exact) mass is 351 g/mol. The van der Waals surface area contributed by atoms with Crippen LogP contribution in [0, 0.1) is 18.3 Å². The maximum atomic E-state index is 12.0. The molecule has 0 radical (unpaired) electrons. The van der Waals surface area contributed by atoms with Gasteiger partial charge in [-0.15, -0.1) is 0 Å². The van der Waals surface area contributed by atoms with Crippen molar-refractivity contribution in [2.75, 3.05) is 0 Å². The molecule has 0 aliphatic heterocycles. The molecular weight excluding hydrogens is 334 g/mol. The Balaban J connectivity index is 2.20. The highest BCUT2D eigenvalue weighted by atomic mass is 16.5. The molecule has 0 amide bonds. The molecule has 1 unspecified atom stereocenters. The van der Waals surface area contributed by atoms with E-state index in [1.807, 2.05) is 19.1 Å². The van der Waals surface area contributed by atoms with Crippen molar-refractivity contribution in [2.24, 2.45) is 0 Å². The zero-order valence-electron chi connectivity index (χ0n) is 14.4. The van der Waals surface area contributed by atoms with Crippen molar-refractivity contribution in [3.63, 3.8) is 0 Å². The first-order valence-electron chi connectivity index (χ1n) is 7.89. The smallest absolute Gasteiger partial charge is 0.372 e. The van der Waals surface area contributed by atoms with E-state index >= 15 is 0 Å². The minimum Gasteiger partial charge on any atom is -0.486 e. The van der Waals surface area contributed by atoms with E-state index in [0.717, 1.165) is 11.1 Å². The third-order valence-corrected chi connectivity index (χ3v) is 3.88. The molecule has 6 nitrogen and oxygen atoms in total. The predicted molar refractivity (Wildman–Crippen MR) is 93.0 cm³/mol. The van der Waals surface area contributed by atoms with Gasteiger partial charge >= 0.3 is 5.97 Å². The quantitative estimate of drug-likeness (QED) is 0.466. The summed E-state index contributed by atoms with van der Waals surface area (Å²) in [7, 11) is 0. The summed E-state index contributed by atoms with van der Waals surface area (Å²) in [5.41, 5.74) is 2.30. The van der Waals surface area contributed by atoms with Gasteiger partial charge in [0.1, 0.15) is 11.9 Å². The number of Topliss-reactive ketones (excluding diaryl/α,β-unsaturated/α-hetero) is 2. The van der Waals surface area contributed by atoms with Gasteiger partial charge < -0.3 is 9.84 Å². The van der Waals surface area contributed by atoms with E-state index in [0.29, 0.717) is 11.3 Å². The Hall–Kier alpha value is -3.46. The van der Waals surface area contributed by atoms with Gasteiger partial charge in [-0.1, -0.05) is 30.3 Å². The molecule has 1 atom stereocenters. The van der Waals surface area contributed by atoms with Gasteiger partial charge in [-0.05, 0) is 31.5 Å². The summed E-state index contributed by atoms with van der Waals surface area (Å²) in [6.07, 6.45) is -1.14. The van der Waals surface area contributed by atoms with Crippen LogP contribution in [0.4, 0.5) is 0 Å². The van der Waals surface area contributed by atoms with Crippen LogP contribution in [-0.4, -0.2) is 22.6 Å². The number of ketones is 2. The summed E-state index contributed by atoms with van der Waals surface area (Å²) < 4.78 is 5.84. The Bertz CT molecular complexity index is 911. The summed E-state index contributed by atoms with van der Waals surface area (Å²) in [4.78, 5) is 33.8. The molecule has 0 aliphatic carbocycles. The topological polar surface area (TPSA) is 104 Å². The fraction of sp³-hybridized carbons (Fsp3) is 0.200. The molecule has 0 aromatic heterocycles. The Morgan fingerprint density at radius 3 is 2.54 bits per heavy atom. The number of hydrogen-bond donors (Lipinski definition) is 1. The number of hydrogen-bond acceptors (Lipinski definition) is 5. The molecule has 0 saturated carbocycles. The summed E-state index contributed by atoms with van der Waals surface area (Å²) in [5.74, 6) is -3.00. The third-order valence-electron chi connectivity index (χ3n) is 3.88. The molecule has 0 aliphatic rings. The molecule has 0 saturated heterocycles. The molecule has 0 spiro atoms. The number of rotatable bonds is 7. The first-order chi connectivity index (χ1) is 12.3. The van der Waals surface area contributed by atoms with Gasteiger partial charge in [0.25, 0.3) is 0 Å². The highest BCUT2D eigenvalue weighted by Crippen LogP contribution is 2.26. The van der Waals surface area contributed by atoms with Crippen molar-refractivity contribution in [3.8, 4) is 11.8 Å². The number of aliphatic carboxylic acids is 1. The second-order valence-corrected chi connectivity index (χ2v) is 5.77. The van der Waals surface area contributed by atoms with Gasteiger partial charge in [0.2, 0.25) is 5.78 Å². The lowest BCUT2D eigenvalue weighted by Crippen LogP contribution is -2.17. The highest BCUT2D eigenvalue weighted by Gasteiger charge is 2.19. The van der Waals surface area contributed by atoms with Crippen molar-refractivity contribution in [2.45, 2.75) is 26.4 Å². The third kappa shape index (κ3) is 4.33. The van der Waals surface area contributed by atoms with Crippen LogP contribution in [0.15, 0.2) is 42.5 Å². The number of nitrogens with zero attached hydrogens (tertiary/aromatic N) is 1. The number of nitriles is 1. The van der Waals surface area contributed by atoms with Crippen LogP contribution in [0.1, 0.15) is 46.5 Å². The van der Waals surface area contributed by atoms with Gasteiger partial charge in [0.05, 0.1) is 18.1 Å². The van der Waals surface area contributed by atoms with Crippen LogP contribution in [0.2, 0.25) is 0 Å². The van der Waals surface area contributed by atoms with Gasteiger partial charge in [0, 0.05) is 11.1 Å². The van der Waals surface area contributed by atoms with Crippen molar-refractivity contribution in [1.29, 1.82) is 5.26 Å². The summed E-state index contributed by atoms with van der Waals surface area (Å²) in [6.45, 7) is 3.63. The lowest BCUT2D eigenvalue weighted by atomic mass is 9.99. The summed E-state index contributed by atoms with van der Waals surface area (Å²) in [5, 5.41) is 17.9. The first-order valence-corrected chi connectivity index (χ1v) is 7.89. The van der Waals surface area contributed by atoms with Gasteiger partial charge in [-0.3, -0.25) is 9.59 Å². The average Bonchev–Trinajstić information content (AvgIpc) is 2.61. The molecule has 6 heteroatoms. The average molecular weight is 351 g/mol. The molecule has 1 N–H and O–H groups in total. The SMILES string of the molecule is Cc1cccc(C(C)Oc2cccc(C(=O)CC(=O)C(=O)O)c2)c1C#N. The minimum absolute atomic E-state index is 0.189. The van der Waals surface area contributed by atoms with Gasteiger partial charge in [0.15, 0.2) is 5.78 Å². The van der Waals surface area contributed by atoms with Crippen molar-refractivity contribution in [1.82, 2.24) is 0 Å². The summed E-state index contributed by atoms with van der Waals surface area (Å²) >= 11 is 0. The molecule has 0 fully saturated rings. The fourth-order valence-electron chi connectivity index (χ4n) is 2.52. The van der Waals surface area contributed by atoms with Gasteiger partial charge in [-0.2, -0.15) is 5.26 Å². The molecule has 26 heavy (non-hydrogen) atoms. The largest absolute Gasteiger partial charge is 0.486 e. The number of carbonyl (C=O) groups is 3. The molecule has 2 rings (SSSR count). The fourth-order valence-corrected chi connectivity index (χ4v) is 2.52. The lowest BCUT2D eigenvalue weighted by molar-refractivity contribution is -0.148. The van der Waals surface area contributed by atoms with Crippen molar-refractivity contribution < 1.29 is 24.2 Å². The maximum absolute atomic E-state index is 12.0. The number of carbonyl (C=O) groups excluding carboxylic acids is 2. The molecule has 2 aromatic carbocycles. The van der Waals surface area contributed by atoms with Crippen LogP contribution < -0.4 is 4.74 Å². The van der Waals surface area contributed by atoms with Crippen LogP contribution in [0.5, 0.6) is 5.75 Å². The molecule has 132 valence electrons. The standard InChI is InChI=1S/C20H17NO5/c1-12-5-3-8-16(17(12)11-21)13(2)26-15-7-4-6-14(9-15)18(22)10-19(23)20(24)25/h3-9,13H,10H2,1-2H3,(H,24,25). The van der Waals surface area contributed by atoms with E-state index in [4.69, 9.17) is 9.84 Å². The van der Waals surface area contributed by atoms with Gasteiger partial charge in [-0.25, -0.2) is 4.79 Å². The predicted octanol–water partition coefficient (Wildman–Crippen LogP) is 3.23. The minimum atomic E-state index is -1.64. The number of carboxylic acids is 1. The number of ether oxygens (including phenoxy) is 1. The van der Waals surface area contributed by atoms with E-state index in [1.54, 1.807) is 25.1 Å². The van der Waals surface area contributed by atoms with E-state index in [-0.39, 0.29) is 5.56 Å². The van der Waals surface area contributed by atoms with E-state index < -0.39 is 30.1 Å². The Morgan fingerprint density at radius 1 is 1.19 bits per heavy atom.